The molecule has 2 aromatic rings. The topological polar surface area (TPSA) is 68.2 Å². The molecule has 2 heterocycles. The molecular weight excluding hydrogens is 304 g/mol. The van der Waals surface area contributed by atoms with Crippen molar-refractivity contribution in [2.45, 2.75) is 25.3 Å². The van der Waals surface area contributed by atoms with Gasteiger partial charge in [-0.05, 0) is 37.6 Å². The normalized spacial score (nSPS) is 17.4. The van der Waals surface area contributed by atoms with E-state index >= 15 is 0 Å². The summed E-state index contributed by atoms with van der Waals surface area (Å²) in [7, 11) is 0. The summed E-state index contributed by atoms with van der Waals surface area (Å²) < 4.78 is 7.25. The minimum Gasteiger partial charge on any atom is -0.492 e. The third-order valence-electron chi connectivity index (χ3n) is 4.12. The molecule has 24 heavy (non-hydrogen) atoms. The maximum atomic E-state index is 12.0. The Kier molecular flexibility index (Phi) is 5.85. The highest BCUT2D eigenvalue weighted by Gasteiger charge is 2.17. The fourth-order valence-corrected chi connectivity index (χ4v) is 2.87. The fourth-order valence-electron chi connectivity index (χ4n) is 2.87. The molecule has 2 N–H and O–H groups in total. The number of carbonyl (C=O) groups is 1. The molecule has 1 aliphatic heterocycles. The fraction of sp³-hybridized carbons (Fsp3) is 0.444. The van der Waals surface area contributed by atoms with Crippen LogP contribution in [0.15, 0.2) is 42.6 Å². The lowest BCUT2D eigenvalue weighted by molar-refractivity contribution is -0.121. The summed E-state index contributed by atoms with van der Waals surface area (Å²) in [6.07, 6.45) is 4.22. The Bertz CT molecular complexity index is 635. The van der Waals surface area contributed by atoms with Crippen LogP contribution in [0.5, 0.6) is 5.75 Å². The van der Waals surface area contributed by atoms with Crippen molar-refractivity contribution >= 4 is 5.91 Å². The predicted octanol–water partition coefficient (Wildman–Crippen LogP) is 1.55. The molecule has 0 bridgehead atoms. The molecule has 1 unspecified atom stereocenters. The summed E-state index contributed by atoms with van der Waals surface area (Å²) in [5, 5.41) is 10.8. The van der Waals surface area contributed by atoms with E-state index in [0.29, 0.717) is 19.1 Å². The predicted molar refractivity (Wildman–Crippen MR) is 92.0 cm³/mol. The lowest BCUT2D eigenvalue weighted by atomic mass is 9.97. The van der Waals surface area contributed by atoms with Crippen molar-refractivity contribution in [3.05, 3.63) is 48.3 Å². The Morgan fingerprint density at radius 2 is 2.21 bits per heavy atom. The summed E-state index contributed by atoms with van der Waals surface area (Å²) in [6.45, 7) is 3.23. The van der Waals surface area contributed by atoms with Gasteiger partial charge in [-0.2, -0.15) is 5.10 Å². The third kappa shape index (κ3) is 4.83. The number of benzene rings is 1. The molecular formula is C18H24N4O2. The zero-order chi connectivity index (χ0) is 16.6. The van der Waals surface area contributed by atoms with Gasteiger partial charge >= 0.3 is 0 Å². The molecule has 1 aromatic heterocycles. The monoisotopic (exact) mass is 328 g/mol. The molecule has 1 aromatic carbocycles. The molecule has 1 saturated heterocycles. The van der Waals surface area contributed by atoms with E-state index in [2.05, 4.69) is 15.7 Å². The zero-order valence-electron chi connectivity index (χ0n) is 13.8. The third-order valence-corrected chi connectivity index (χ3v) is 4.12. The SMILES string of the molecule is O=C(Cn1ccc(C2CCCNC2)n1)NCCOc1ccccc1. The lowest BCUT2D eigenvalue weighted by Gasteiger charge is -2.20. The summed E-state index contributed by atoms with van der Waals surface area (Å²) >= 11 is 0. The van der Waals surface area contributed by atoms with Crippen molar-refractivity contribution in [3.8, 4) is 5.75 Å². The van der Waals surface area contributed by atoms with Crippen LogP contribution in [0, 0.1) is 0 Å². The first-order chi connectivity index (χ1) is 11.8. The Balaban J connectivity index is 1.38. The second-order valence-electron chi connectivity index (χ2n) is 5.99. The quantitative estimate of drug-likeness (QED) is 0.757. The Hall–Kier alpha value is -2.34. The molecule has 6 heteroatoms. The molecule has 0 spiro atoms. The Morgan fingerprint density at radius 3 is 3.00 bits per heavy atom. The zero-order valence-corrected chi connectivity index (χ0v) is 13.8. The van der Waals surface area contributed by atoms with Crippen molar-refractivity contribution in [3.63, 3.8) is 0 Å². The Morgan fingerprint density at radius 1 is 1.33 bits per heavy atom. The lowest BCUT2D eigenvalue weighted by Crippen LogP contribution is -2.31. The number of nitrogens with zero attached hydrogens (tertiary/aromatic N) is 2. The van der Waals surface area contributed by atoms with E-state index in [0.717, 1.165) is 31.0 Å². The number of carbonyl (C=O) groups excluding carboxylic acids is 1. The number of amides is 1. The number of para-hydroxylation sites is 1. The van der Waals surface area contributed by atoms with E-state index in [1.807, 2.05) is 42.6 Å². The molecule has 1 atom stereocenters. The number of nitrogens with one attached hydrogen (secondary N) is 2. The average molecular weight is 328 g/mol. The Labute approximate surface area is 142 Å². The van der Waals surface area contributed by atoms with Gasteiger partial charge in [0.05, 0.1) is 12.2 Å². The van der Waals surface area contributed by atoms with Gasteiger partial charge in [-0.1, -0.05) is 18.2 Å². The second kappa shape index (κ2) is 8.49. The highest BCUT2D eigenvalue weighted by molar-refractivity contribution is 5.75. The van der Waals surface area contributed by atoms with E-state index < -0.39 is 0 Å². The maximum Gasteiger partial charge on any atom is 0.241 e. The second-order valence-corrected chi connectivity index (χ2v) is 5.99. The van der Waals surface area contributed by atoms with Crippen LogP contribution in [0.1, 0.15) is 24.5 Å². The number of rotatable bonds is 7. The molecule has 6 nitrogen and oxygen atoms in total. The maximum absolute atomic E-state index is 12.0. The van der Waals surface area contributed by atoms with Gasteiger partial charge in [0.1, 0.15) is 18.9 Å². The van der Waals surface area contributed by atoms with Crippen molar-refractivity contribution in [2.75, 3.05) is 26.2 Å². The van der Waals surface area contributed by atoms with E-state index in [-0.39, 0.29) is 12.5 Å². The van der Waals surface area contributed by atoms with Crippen LogP contribution < -0.4 is 15.4 Å². The minimum absolute atomic E-state index is 0.0527. The van der Waals surface area contributed by atoms with E-state index in [1.165, 1.54) is 6.42 Å². The van der Waals surface area contributed by atoms with Gasteiger partial charge in [-0.25, -0.2) is 0 Å². The van der Waals surface area contributed by atoms with Crippen molar-refractivity contribution in [1.82, 2.24) is 20.4 Å². The van der Waals surface area contributed by atoms with Crippen LogP contribution in [-0.4, -0.2) is 41.9 Å². The number of aromatic nitrogens is 2. The van der Waals surface area contributed by atoms with Crippen LogP contribution >= 0.6 is 0 Å². The van der Waals surface area contributed by atoms with E-state index in [4.69, 9.17) is 4.74 Å². The number of hydrogen-bond acceptors (Lipinski definition) is 4. The average Bonchev–Trinajstić information content (AvgIpc) is 3.09. The van der Waals surface area contributed by atoms with Crippen LogP contribution in [0.3, 0.4) is 0 Å². The number of hydrogen-bond donors (Lipinski definition) is 2. The molecule has 1 fully saturated rings. The highest BCUT2D eigenvalue weighted by atomic mass is 16.5. The van der Waals surface area contributed by atoms with Crippen LogP contribution in [-0.2, 0) is 11.3 Å². The molecule has 1 aliphatic rings. The first kappa shape index (κ1) is 16.5. The minimum atomic E-state index is -0.0527. The van der Waals surface area contributed by atoms with Crippen LogP contribution in [0.4, 0.5) is 0 Å². The molecule has 3 rings (SSSR count). The van der Waals surface area contributed by atoms with Gasteiger partial charge in [0.15, 0.2) is 0 Å². The summed E-state index contributed by atoms with van der Waals surface area (Å²) in [5.74, 6) is 1.22. The number of ether oxygens (including phenoxy) is 1. The molecule has 1 amide bonds. The highest BCUT2D eigenvalue weighted by Crippen LogP contribution is 2.21. The van der Waals surface area contributed by atoms with Gasteiger partial charge in [0, 0.05) is 18.7 Å². The van der Waals surface area contributed by atoms with Crippen molar-refractivity contribution in [2.24, 2.45) is 0 Å². The summed E-state index contributed by atoms with van der Waals surface area (Å²) in [5.41, 5.74) is 1.07. The molecule has 0 radical (unpaired) electrons. The molecule has 0 saturated carbocycles. The largest absolute Gasteiger partial charge is 0.492 e. The first-order valence-corrected chi connectivity index (χ1v) is 8.50. The molecule has 128 valence electrons. The number of piperidine rings is 1. The van der Waals surface area contributed by atoms with Gasteiger partial charge in [0.25, 0.3) is 0 Å². The van der Waals surface area contributed by atoms with Crippen LogP contribution in [0.25, 0.3) is 0 Å². The van der Waals surface area contributed by atoms with E-state index in [9.17, 15) is 4.79 Å². The smallest absolute Gasteiger partial charge is 0.241 e. The van der Waals surface area contributed by atoms with Crippen LogP contribution in [0.2, 0.25) is 0 Å². The van der Waals surface area contributed by atoms with E-state index in [1.54, 1.807) is 4.68 Å². The van der Waals surface area contributed by atoms with Gasteiger partial charge in [0.2, 0.25) is 5.91 Å². The van der Waals surface area contributed by atoms with Gasteiger partial charge in [-0.3, -0.25) is 9.48 Å². The molecule has 0 aliphatic carbocycles. The first-order valence-electron chi connectivity index (χ1n) is 8.50. The van der Waals surface area contributed by atoms with Crippen molar-refractivity contribution in [1.29, 1.82) is 0 Å². The van der Waals surface area contributed by atoms with Gasteiger partial charge < -0.3 is 15.4 Å². The summed E-state index contributed by atoms with van der Waals surface area (Å²) in [6, 6.07) is 11.6. The van der Waals surface area contributed by atoms with Gasteiger partial charge in [-0.15, -0.1) is 0 Å². The van der Waals surface area contributed by atoms with Crippen molar-refractivity contribution < 1.29 is 9.53 Å². The summed E-state index contributed by atoms with van der Waals surface area (Å²) in [4.78, 5) is 12.0. The standard InChI is InChI=1S/C18H24N4O2/c23-18(20-10-12-24-16-6-2-1-3-7-16)14-22-11-8-17(21-22)15-5-4-9-19-13-15/h1-3,6-8,11,15,19H,4-5,9-10,12-14H2,(H,20,23).